The maximum Gasteiger partial charge on any atom is 0.0901 e. The van der Waals surface area contributed by atoms with Crippen molar-refractivity contribution in [1.29, 1.82) is 0 Å². The number of thiocarbonyl (C=S) groups is 1. The lowest BCUT2D eigenvalue weighted by molar-refractivity contribution is 0.111. The number of nitrogens with zero attached hydrogens (tertiary/aromatic N) is 2. The molecule has 1 atom stereocenters. The third-order valence-electron chi connectivity index (χ3n) is 3.57. The molecule has 0 bridgehead atoms. The van der Waals surface area contributed by atoms with Gasteiger partial charge in [-0.05, 0) is 19.3 Å². The summed E-state index contributed by atoms with van der Waals surface area (Å²) in [6.45, 7) is 6.82. The molecule has 3 nitrogen and oxygen atoms in total. The molecule has 86 valence electrons. The van der Waals surface area contributed by atoms with Gasteiger partial charge in [0.15, 0.2) is 0 Å². The first kappa shape index (κ1) is 11.3. The van der Waals surface area contributed by atoms with Crippen molar-refractivity contribution in [2.24, 2.45) is 5.73 Å². The normalized spacial score (nSPS) is 26.5. The summed E-state index contributed by atoms with van der Waals surface area (Å²) < 4.78 is 0. The molecule has 1 aliphatic heterocycles. The van der Waals surface area contributed by atoms with Gasteiger partial charge in [0.25, 0.3) is 0 Å². The van der Waals surface area contributed by atoms with Gasteiger partial charge in [-0.1, -0.05) is 19.1 Å². The van der Waals surface area contributed by atoms with E-state index in [2.05, 4.69) is 16.7 Å². The third kappa shape index (κ3) is 2.68. The van der Waals surface area contributed by atoms with E-state index in [1.54, 1.807) is 0 Å². The predicted octanol–water partition coefficient (Wildman–Crippen LogP) is 0.831. The molecule has 2 rings (SSSR count). The molecular weight excluding hydrogens is 206 g/mol. The van der Waals surface area contributed by atoms with Gasteiger partial charge >= 0.3 is 0 Å². The highest BCUT2D eigenvalue weighted by Gasteiger charge is 2.32. The molecule has 0 aromatic rings. The summed E-state index contributed by atoms with van der Waals surface area (Å²) in [5, 5.41) is 0. The SMILES string of the molecule is CCC(C(N)=S)N1CCN(C2CC2)CC1. The second-order valence-electron chi connectivity index (χ2n) is 4.63. The quantitative estimate of drug-likeness (QED) is 0.721. The first-order chi connectivity index (χ1) is 7.22. The predicted molar refractivity (Wildman–Crippen MR) is 67.0 cm³/mol. The molecule has 1 aliphatic carbocycles. The third-order valence-corrected chi connectivity index (χ3v) is 3.84. The van der Waals surface area contributed by atoms with Crippen molar-refractivity contribution in [2.45, 2.75) is 38.3 Å². The van der Waals surface area contributed by atoms with Crippen LogP contribution in [0, 0.1) is 0 Å². The van der Waals surface area contributed by atoms with Crippen molar-refractivity contribution in [3.05, 3.63) is 0 Å². The summed E-state index contributed by atoms with van der Waals surface area (Å²) in [5.41, 5.74) is 5.76. The lowest BCUT2D eigenvalue weighted by Gasteiger charge is -2.38. The van der Waals surface area contributed by atoms with Gasteiger partial charge in [-0.2, -0.15) is 0 Å². The maximum absolute atomic E-state index is 5.76. The van der Waals surface area contributed by atoms with Crippen LogP contribution in [0.4, 0.5) is 0 Å². The Kier molecular flexibility index (Phi) is 3.59. The highest BCUT2D eigenvalue weighted by Crippen LogP contribution is 2.27. The second kappa shape index (κ2) is 4.76. The Morgan fingerprint density at radius 3 is 2.33 bits per heavy atom. The highest BCUT2D eigenvalue weighted by atomic mass is 32.1. The monoisotopic (exact) mass is 227 g/mol. The number of rotatable bonds is 4. The Balaban J connectivity index is 1.83. The van der Waals surface area contributed by atoms with Crippen LogP contribution in [-0.2, 0) is 0 Å². The highest BCUT2D eigenvalue weighted by molar-refractivity contribution is 7.80. The van der Waals surface area contributed by atoms with Gasteiger partial charge < -0.3 is 5.73 Å². The first-order valence-corrected chi connectivity index (χ1v) is 6.40. The zero-order valence-electron chi connectivity index (χ0n) is 9.48. The molecule has 2 fully saturated rings. The van der Waals surface area contributed by atoms with Gasteiger partial charge in [-0.25, -0.2) is 0 Å². The Morgan fingerprint density at radius 1 is 1.33 bits per heavy atom. The molecule has 0 aromatic heterocycles. The fraction of sp³-hybridized carbons (Fsp3) is 0.909. The van der Waals surface area contributed by atoms with E-state index in [1.807, 2.05) is 0 Å². The maximum atomic E-state index is 5.76. The van der Waals surface area contributed by atoms with Crippen molar-refractivity contribution < 1.29 is 0 Å². The second-order valence-corrected chi connectivity index (χ2v) is 5.10. The van der Waals surface area contributed by atoms with Gasteiger partial charge in [0.05, 0.1) is 11.0 Å². The van der Waals surface area contributed by atoms with E-state index in [1.165, 1.54) is 25.9 Å². The summed E-state index contributed by atoms with van der Waals surface area (Å²) in [5.74, 6) is 0. The average Bonchev–Trinajstić information content (AvgIpc) is 3.03. The average molecular weight is 227 g/mol. The molecule has 1 heterocycles. The van der Waals surface area contributed by atoms with Crippen molar-refractivity contribution in [2.75, 3.05) is 26.2 Å². The van der Waals surface area contributed by atoms with E-state index < -0.39 is 0 Å². The molecule has 2 N–H and O–H groups in total. The van der Waals surface area contributed by atoms with Crippen LogP contribution in [0.5, 0.6) is 0 Å². The van der Waals surface area contributed by atoms with Crippen molar-refractivity contribution in [1.82, 2.24) is 9.80 Å². The molecule has 15 heavy (non-hydrogen) atoms. The Bertz CT molecular complexity index is 232. The lowest BCUT2D eigenvalue weighted by Crippen LogP contribution is -2.53. The fourth-order valence-electron chi connectivity index (χ4n) is 2.49. The summed E-state index contributed by atoms with van der Waals surface area (Å²) >= 11 is 5.11. The minimum absolute atomic E-state index is 0.321. The van der Waals surface area contributed by atoms with Crippen LogP contribution in [0.3, 0.4) is 0 Å². The number of nitrogens with two attached hydrogens (primary N) is 1. The Labute approximate surface area is 97.6 Å². The van der Waals surface area contributed by atoms with E-state index in [0.717, 1.165) is 25.6 Å². The largest absolute Gasteiger partial charge is 0.392 e. The van der Waals surface area contributed by atoms with E-state index in [4.69, 9.17) is 18.0 Å². The lowest BCUT2D eigenvalue weighted by atomic mass is 10.1. The zero-order chi connectivity index (χ0) is 10.8. The summed E-state index contributed by atoms with van der Waals surface area (Å²) in [4.78, 5) is 5.72. The standard InChI is InChI=1S/C11H21N3S/c1-2-10(11(12)15)14-7-5-13(6-8-14)9-3-4-9/h9-10H,2-8H2,1H3,(H2,12,15). The minimum Gasteiger partial charge on any atom is -0.392 e. The molecule has 0 aromatic carbocycles. The number of piperazine rings is 1. The van der Waals surface area contributed by atoms with E-state index in [9.17, 15) is 0 Å². The topological polar surface area (TPSA) is 32.5 Å². The summed E-state index contributed by atoms with van der Waals surface area (Å²) in [6, 6.07) is 1.22. The van der Waals surface area contributed by atoms with Crippen LogP contribution >= 0.6 is 12.2 Å². The Hall–Kier alpha value is -0.190. The van der Waals surface area contributed by atoms with Gasteiger partial charge in [-0.3, -0.25) is 9.80 Å². The van der Waals surface area contributed by atoms with Gasteiger partial charge in [-0.15, -0.1) is 0 Å². The molecule has 0 amide bonds. The van der Waals surface area contributed by atoms with Crippen LogP contribution < -0.4 is 5.73 Å². The van der Waals surface area contributed by atoms with E-state index in [0.29, 0.717) is 11.0 Å². The van der Waals surface area contributed by atoms with Gasteiger partial charge in [0.2, 0.25) is 0 Å². The molecule has 2 aliphatic rings. The summed E-state index contributed by atoms with van der Waals surface area (Å²) in [7, 11) is 0. The van der Waals surface area contributed by atoms with Crippen LogP contribution in [0.25, 0.3) is 0 Å². The van der Waals surface area contributed by atoms with E-state index >= 15 is 0 Å². The van der Waals surface area contributed by atoms with E-state index in [-0.39, 0.29) is 0 Å². The first-order valence-electron chi connectivity index (χ1n) is 5.99. The number of hydrogen-bond donors (Lipinski definition) is 1. The Morgan fingerprint density at radius 2 is 1.93 bits per heavy atom. The molecular formula is C11H21N3S. The molecule has 1 saturated carbocycles. The smallest absolute Gasteiger partial charge is 0.0901 e. The molecule has 4 heteroatoms. The minimum atomic E-state index is 0.321. The molecule has 1 saturated heterocycles. The number of hydrogen-bond acceptors (Lipinski definition) is 3. The molecule has 0 radical (unpaired) electrons. The van der Waals surface area contributed by atoms with Crippen molar-refractivity contribution in [3.8, 4) is 0 Å². The van der Waals surface area contributed by atoms with Crippen LogP contribution in [0.2, 0.25) is 0 Å². The fourth-order valence-corrected chi connectivity index (χ4v) is 2.81. The van der Waals surface area contributed by atoms with Gasteiger partial charge in [0.1, 0.15) is 0 Å². The molecule has 0 spiro atoms. The zero-order valence-corrected chi connectivity index (χ0v) is 10.3. The van der Waals surface area contributed by atoms with Crippen LogP contribution in [-0.4, -0.2) is 53.1 Å². The van der Waals surface area contributed by atoms with Crippen LogP contribution in [0.1, 0.15) is 26.2 Å². The molecule has 1 unspecified atom stereocenters. The summed E-state index contributed by atoms with van der Waals surface area (Å²) in [6.07, 6.45) is 3.86. The van der Waals surface area contributed by atoms with Crippen LogP contribution in [0.15, 0.2) is 0 Å². The van der Waals surface area contributed by atoms with Crippen molar-refractivity contribution >= 4 is 17.2 Å². The van der Waals surface area contributed by atoms with Crippen molar-refractivity contribution in [3.63, 3.8) is 0 Å². The van der Waals surface area contributed by atoms with Gasteiger partial charge in [0, 0.05) is 32.2 Å².